The Balaban J connectivity index is 1.87. The van der Waals surface area contributed by atoms with E-state index in [1.807, 2.05) is 0 Å². The maximum absolute atomic E-state index is 12.2. The van der Waals surface area contributed by atoms with Crippen molar-refractivity contribution in [3.63, 3.8) is 0 Å². The molecule has 2 aromatic rings. The fraction of sp³-hybridized carbons (Fsp3) is 0.333. The molecule has 0 bridgehead atoms. The predicted octanol–water partition coefficient (Wildman–Crippen LogP) is 4.82. The van der Waals surface area contributed by atoms with Crippen LogP contribution in [0, 0.1) is 0 Å². The lowest BCUT2D eigenvalue weighted by Crippen LogP contribution is -2.10. The zero-order valence-electron chi connectivity index (χ0n) is 15.3. The Kier molecular flexibility index (Phi) is 7.68. The van der Waals surface area contributed by atoms with Crippen molar-refractivity contribution in [2.75, 3.05) is 11.9 Å². The van der Waals surface area contributed by atoms with E-state index >= 15 is 0 Å². The van der Waals surface area contributed by atoms with Crippen molar-refractivity contribution in [1.29, 1.82) is 0 Å². The van der Waals surface area contributed by atoms with Crippen molar-refractivity contribution in [1.82, 2.24) is 0 Å². The molecule has 0 heterocycles. The molecule has 0 radical (unpaired) electrons. The first-order chi connectivity index (χ1) is 12.6. The van der Waals surface area contributed by atoms with Crippen LogP contribution in [0.5, 0.6) is 11.5 Å². The van der Waals surface area contributed by atoms with Crippen molar-refractivity contribution in [2.45, 2.75) is 39.5 Å². The number of amides is 1. The molecule has 0 saturated heterocycles. The number of ether oxygens (including phenoxy) is 2. The van der Waals surface area contributed by atoms with E-state index in [4.69, 9.17) is 9.47 Å². The zero-order valence-corrected chi connectivity index (χ0v) is 15.3. The highest BCUT2D eigenvalue weighted by atomic mass is 16.5. The van der Waals surface area contributed by atoms with Gasteiger partial charge in [0.25, 0.3) is 0 Å². The van der Waals surface area contributed by atoms with Crippen LogP contribution in [0.3, 0.4) is 0 Å². The number of esters is 1. The van der Waals surface area contributed by atoms with Crippen molar-refractivity contribution in [3.05, 3.63) is 54.1 Å². The number of benzene rings is 2. The first-order valence-electron chi connectivity index (χ1n) is 8.97. The van der Waals surface area contributed by atoms with Gasteiger partial charge in [-0.2, -0.15) is 0 Å². The first-order valence-corrected chi connectivity index (χ1v) is 8.97. The second-order valence-electron chi connectivity index (χ2n) is 5.90. The van der Waals surface area contributed by atoms with Crippen molar-refractivity contribution < 1.29 is 19.1 Å². The van der Waals surface area contributed by atoms with Gasteiger partial charge in [0.2, 0.25) is 5.91 Å². The average Bonchev–Trinajstić information content (AvgIpc) is 2.67. The average molecular weight is 355 g/mol. The van der Waals surface area contributed by atoms with Gasteiger partial charge in [-0.05, 0) is 55.0 Å². The molecule has 0 aliphatic carbocycles. The fourth-order valence-electron chi connectivity index (χ4n) is 2.25. The van der Waals surface area contributed by atoms with Crippen LogP contribution < -0.4 is 14.8 Å². The Hall–Kier alpha value is -2.82. The SMILES string of the molecule is CCCCCOc1ccc(C(=O)Oc2ccc(NC(=O)CC)cc2)cc1. The minimum atomic E-state index is -0.437. The highest BCUT2D eigenvalue weighted by molar-refractivity contribution is 5.92. The number of carbonyl (C=O) groups is 2. The van der Waals surface area contributed by atoms with Gasteiger partial charge in [0, 0.05) is 12.1 Å². The number of carbonyl (C=O) groups excluding carboxylic acids is 2. The molecule has 0 unspecified atom stereocenters. The summed E-state index contributed by atoms with van der Waals surface area (Å²) in [7, 11) is 0. The quantitative estimate of drug-likeness (QED) is 0.398. The second-order valence-corrected chi connectivity index (χ2v) is 5.90. The largest absolute Gasteiger partial charge is 0.494 e. The topological polar surface area (TPSA) is 64.6 Å². The maximum Gasteiger partial charge on any atom is 0.343 e. The van der Waals surface area contributed by atoms with Gasteiger partial charge in [0.05, 0.1) is 12.2 Å². The molecule has 0 aromatic heterocycles. The molecule has 0 spiro atoms. The molecule has 0 atom stereocenters. The molecule has 0 saturated carbocycles. The summed E-state index contributed by atoms with van der Waals surface area (Å²) >= 11 is 0. The third-order valence-electron chi connectivity index (χ3n) is 3.78. The van der Waals surface area contributed by atoms with Gasteiger partial charge < -0.3 is 14.8 Å². The van der Waals surface area contributed by atoms with Crippen LogP contribution in [0.25, 0.3) is 0 Å². The standard InChI is InChI=1S/C21H25NO4/c1-3-5-6-15-25-18-11-7-16(8-12-18)21(24)26-19-13-9-17(10-14-19)22-20(23)4-2/h7-14H,3-6,15H2,1-2H3,(H,22,23). The van der Waals surface area contributed by atoms with E-state index in [1.165, 1.54) is 0 Å². The van der Waals surface area contributed by atoms with Crippen LogP contribution in [0.2, 0.25) is 0 Å². The molecule has 1 amide bonds. The van der Waals surface area contributed by atoms with Gasteiger partial charge in [0.15, 0.2) is 0 Å². The maximum atomic E-state index is 12.2. The Morgan fingerprint density at radius 2 is 1.54 bits per heavy atom. The highest BCUT2D eigenvalue weighted by Gasteiger charge is 2.09. The third kappa shape index (κ3) is 6.24. The van der Waals surface area contributed by atoms with Gasteiger partial charge in [-0.25, -0.2) is 4.79 Å². The first kappa shape index (κ1) is 19.5. The molecule has 2 aromatic carbocycles. The normalized spacial score (nSPS) is 10.2. The predicted molar refractivity (Wildman–Crippen MR) is 102 cm³/mol. The summed E-state index contributed by atoms with van der Waals surface area (Å²) < 4.78 is 11.0. The molecule has 0 fully saturated rings. The van der Waals surface area contributed by atoms with Gasteiger partial charge in [-0.15, -0.1) is 0 Å². The minimum Gasteiger partial charge on any atom is -0.494 e. The number of nitrogens with one attached hydrogen (secondary N) is 1. The lowest BCUT2D eigenvalue weighted by atomic mass is 10.2. The second kappa shape index (κ2) is 10.2. The number of hydrogen-bond acceptors (Lipinski definition) is 4. The van der Waals surface area contributed by atoms with Crippen molar-refractivity contribution in [3.8, 4) is 11.5 Å². The van der Waals surface area contributed by atoms with E-state index in [-0.39, 0.29) is 5.91 Å². The molecule has 2 rings (SSSR count). The summed E-state index contributed by atoms with van der Waals surface area (Å²) in [6.45, 7) is 4.61. The lowest BCUT2D eigenvalue weighted by Gasteiger charge is -2.08. The van der Waals surface area contributed by atoms with E-state index in [1.54, 1.807) is 55.5 Å². The molecule has 26 heavy (non-hydrogen) atoms. The van der Waals surface area contributed by atoms with Crippen LogP contribution in [0.15, 0.2) is 48.5 Å². The molecule has 1 N–H and O–H groups in total. The van der Waals surface area contributed by atoms with Crippen LogP contribution in [0.4, 0.5) is 5.69 Å². The van der Waals surface area contributed by atoms with Crippen LogP contribution in [-0.4, -0.2) is 18.5 Å². The molecule has 138 valence electrons. The van der Waals surface area contributed by atoms with Crippen molar-refractivity contribution in [2.24, 2.45) is 0 Å². The molecule has 5 heteroatoms. The van der Waals surface area contributed by atoms with E-state index in [2.05, 4.69) is 12.2 Å². The molecule has 0 aliphatic rings. The molecule has 5 nitrogen and oxygen atoms in total. The molecule has 0 aliphatic heterocycles. The van der Waals surface area contributed by atoms with Crippen LogP contribution in [0.1, 0.15) is 49.9 Å². The van der Waals surface area contributed by atoms with E-state index < -0.39 is 5.97 Å². The van der Waals surface area contributed by atoms with E-state index in [9.17, 15) is 9.59 Å². The van der Waals surface area contributed by atoms with E-state index in [0.717, 1.165) is 25.0 Å². The van der Waals surface area contributed by atoms with E-state index in [0.29, 0.717) is 30.0 Å². The Morgan fingerprint density at radius 1 is 0.885 bits per heavy atom. The number of unbranched alkanes of at least 4 members (excludes halogenated alkanes) is 2. The monoisotopic (exact) mass is 355 g/mol. The summed E-state index contributed by atoms with van der Waals surface area (Å²) in [5.41, 5.74) is 1.12. The van der Waals surface area contributed by atoms with Gasteiger partial charge in [-0.1, -0.05) is 26.7 Å². The third-order valence-corrected chi connectivity index (χ3v) is 3.78. The fourth-order valence-corrected chi connectivity index (χ4v) is 2.25. The van der Waals surface area contributed by atoms with Gasteiger partial charge in [0.1, 0.15) is 11.5 Å². The number of anilines is 1. The zero-order chi connectivity index (χ0) is 18.8. The summed E-state index contributed by atoms with van der Waals surface area (Å²) in [6, 6.07) is 13.6. The number of rotatable bonds is 9. The highest BCUT2D eigenvalue weighted by Crippen LogP contribution is 2.19. The number of hydrogen-bond donors (Lipinski definition) is 1. The van der Waals surface area contributed by atoms with Gasteiger partial charge in [-0.3, -0.25) is 4.79 Å². The Morgan fingerprint density at radius 3 is 2.15 bits per heavy atom. The Bertz CT molecular complexity index is 708. The smallest absolute Gasteiger partial charge is 0.343 e. The van der Waals surface area contributed by atoms with Gasteiger partial charge >= 0.3 is 5.97 Å². The Labute approximate surface area is 154 Å². The summed E-state index contributed by atoms with van der Waals surface area (Å²) in [4.78, 5) is 23.5. The van der Waals surface area contributed by atoms with Crippen LogP contribution >= 0.6 is 0 Å². The van der Waals surface area contributed by atoms with Crippen LogP contribution in [-0.2, 0) is 4.79 Å². The lowest BCUT2D eigenvalue weighted by molar-refractivity contribution is -0.115. The summed E-state index contributed by atoms with van der Waals surface area (Å²) in [6.07, 6.45) is 3.73. The minimum absolute atomic E-state index is 0.0632. The van der Waals surface area contributed by atoms with Crippen molar-refractivity contribution >= 4 is 17.6 Å². The summed E-state index contributed by atoms with van der Waals surface area (Å²) in [5.74, 6) is 0.665. The molecular formula is C21H25NO4. The molecular weight excluding hydrogens is 330 g/mol. The summed E-state index contributed by atoms with van der Waals surface area (Å²) in [5, 5.41) is 2.74.